The Morgan fingerprint density at radius 1 is 1.17 bits per heavy atom. The van der Waals surface area contributed by atoms with Gasteiger partial charge in [0.25, 0.3) is 0 Å². The molecule has 0 aliphatic carbocycles. The molecule has 0 bridgehead atoms. The monoisotopic (exact) mass is 343 g/mol. The van der Waals surface area contributed by atoms with Gasteiger partial charge in [0.2, 0.25) is 0 Å². The predicted molar refractivity (Wildman–Crippen MR) is 93.2 cm³/mol. The van der Waals surface area contributed by atoms with Crippen LogP contribution in [-0.4, -0.2) is 35.1 Å². The Balaban J connectivity index is 1.92. The van der Waals surface area contributed by atoms with Gasteiger partial charge in [0, 0.05) is 24.2 Å². The van der Waals surface area contributed by atoms with Crippen molar-refractivity contribution in [2.24, 2.45) is 0 Å². The van der Waals surface area contributed by atoms with E-state index in [4.69, 9.17) is 26.2 Å². The number of fused-ring (bicyclic) bond motifs is 1. The number of nitrogens with zero attached hydrogens (tertiary/aromatic N) is 3. The number of aromatic nitrogens is 3. The molecule has 4 rings (SSSR count). The zero-order valence-corrected chi connectivity index (χ0v) is 14.2. The van der Waals surface area contributed by atoms with E-state index in [0.29, 0.717) is 10.9 Å². The summed E-state index contributed by atoms with van der Waals surface area (Å²) in [4.78, 5) is 4.31. The Labute approximate surface area is 145 Å². The van der Waals surface area contributed by atoms with Crippen molar-refractivity contribution in [3.05, 3.63) is 47.4 Å². The Morgan fingerprint density at radius 2 is 1.92 bits per heavy atom. The summed E-state index contributed by atoms with van der Waals surface area (Å²) in [5, 5.41) is 6.66. The first kappa shape index (κ1) is 15.4. The van der Waals surface area contributed by atoms with Crippen LogP contribution in [-0.2, 0) is 4.74 Å². The Bertz CT molecular complexity index is 855. The molecular formula is C18H18ClN3O2. The summed E-state index contributed by atoms with van der Waals surface area (Å²) >= 11 is 6.02. The maximum atomic E-state index is 6.02. The molecule has 1 aliphatic heterocycles. The number of hydrogen-bond acceptors (Lipinski definition) is 4. The third-order valence-electron chi connectivity index (χ3n) is 4.48. The Morgan fingerprint density at radius 3 is 2.62 bits per heavy atom. The van der Waals surface area contributed by atoms with Crippen molar-refractivity contribution in [3.63, 3.8) is 0 Å². The molecule has 3 aromatic rings. The predicted octanol–water partition coefficient (Wildman–Crippen LogP) is 3.98. The van der Waals surface area contributed by atoms with Crippen LogP contribution in [0.15, 0.2) is 36.7 Å². The Kier molecular flexibility index (Phi) is 4.12. The van der Waals surface area contributed by atoms with Crippen LogP contribution in [0.1, 0.15) is 24.5 Å². The number of methoxy groups -OCH3 is 1. The van der Waals surface area contributed by atoms with E-state index in [1.807, 2.05) is 35.1 Å². The fourth-order valence-corrected chi connectivity index (χ4v) is 3.38. The fourth-order valence-electron chi connectivity index (χ4n) is 3.25. The molecule has 1 saturated heterocycles. The van der Waals surface area contributed by atoms with Gasteiger partial charge in [0.15, 0.2) is 0 Å². The van der Waals surface area contributed by atoms with Gasteiger partial charge in [0.05, 0.1) is 41.8 Å². The maximum Gasteiger partial charge on any atom is 0.148 e. The minimum Gasteiger partial charge on any atom is -0.494 e. The van der Waals surface area contributed by atoms with Gasteiger partial charge in [-0.25, -0.2) is 4.68 Å². The summed E-state index contributed by atoms with van der Waals surface area (Å²) < 4.78 is 13.0. The van der Waals surface area contributed by atoms with Crippen molar-refractivity contribution < 1.29 is 9.47 Å². The molecule has 1 aromatic carbocycles. The molecule has 0 radical (unpaired) electrons. The highest BCUT2D eigenvalue weighted by Crippen LogP contribution is 2.37. The van der Waals surface area contributed by atoms with Crippen molar-refractivity contribution in [2.75, 3.05) is 20.3 Å². The lowest BCUT2D eigenvalue weighted by Gasteiger charge is -2.20. The molecule has 0 N–H and O–H groups in total. The number of pyridine rings is 1. The van der Waals surface area contributed by atoms with Gasteiger partial charge >= 0.3 is 0 Å². The molecule has 0 unspecified atom stereocenters. The molecule has 124 valence electrons. The van der Waals surface area contributed by atoms with Gasteiger partial charge in [-0.15, -0.1) is 0 Å². The van der Waals surface area contributed by atoms with Gasteiger partial charge in [-0.1, -0.05) is 11.6 Å². The van der Waals surface area contributed by atoms with Crippen LogP contribution in [0.3, 0.4) is 0 Å². The molecule has 1 fully saturated rings. The summed E-state index contributed by atoms with van der Waals surface area (Å²) in [6.07, 6.45) is 5.53. The standard InChI is InChI=1S/C18H18ClN3O2/c1-23-16-11-20-10-15-17(16)18(12-6-8-24-9-7-12)21-22(15)14-4-2-13(19)3-5-14/h2-5,10-12H,6-9H2,1H3. The zero-order valence-electron chi connectivity index (χ0n) is 13.4. The lowest BCUT2D eigenvalue weighted by atomic mass is 9.94. The van der Waals surface area contributed by atoms with E-state index in [1.165, 1.54) is 0 Å². The van der Waals surface area contributed by atoms with Crippen LogP contribution in [0.5, 0.6) is 5.75 Å². The minimum absolute atomic E-state index is 0.367. The van der Waals surface area contributed by atoms with E-state index in [2.05, 4.69) is 4.98 Å². The molecule has 0 amide bonds. The summed E-state index contributed by atoms with van der Waals surface area (Å²) in [5.41, 5.74) is 2.96. The normalized spacial score (nSPS) is 15.8. The molecule has 0 atom stereocenters. The maximum absolute atomic E-state index is 6.02. The van der Waals surface area contributed by atoms with Crippen LogP contribution in [0.2, 0.25) is 5.02 Å². The first-order valence-corrected chi connectivity index (χ1v) is 8.40. The van der Waals surface area contributed by atoms with Crippen LogP contribution in [0, 0.1) is 0 Å². The van der Waals surface area contributed by atoms with Crippen LogP contribution >= 0.6 is 11.6 Å². The van der Waals surface area contributed by atoms with E-state index < -0.39 is 0 Å². The van der Waals surface area contributed by atoms with Crippen molar-refractivity contribution in [2.45, 2.75) is 18.8 Å². The highest BCUT2D eigenvalue weighted by Gasteiger charge is 2.25. The molecule has 5 nitrogen and oxygen atoms in total. The second-order valence-corrected chi connectivity index (χ2v) is 6.33. The third kappa shape index (κ3) is 2.64. The fraction of sp³-hybridized carbons (Fsp3) is 0.333. The van der Waals surface area contributed by atoms with Crippen molar-refractivity contribution in [1.29, 1.82) is 0 Å². The number of benzene rings is 1. The highest BCUT2D eigenvalue weighted by atomic mass is 35.5. The van der Waals surface area contributed by atoms with E-state index in [1.54, 1.807) is 13.3 Å². The first-order chi connectivity index (χ1) is 11.8. The van der Waals surface area contributed by atoms with E-state index in [0.717, 1.165) is 54.1 Å². The average Bonchev–Trinajstić information content (AvgIpc) is 3.03. The molecule has 0 spiro atoms. The molecule has 3 heterocycles. The molecule has 2 aromatic heterocycles. The number of halogens is 1. The summed E-state index contributed by atoms with van der Waals surface area (Å²) in [7, 11) is 1.67. The van der Waals surface area contributed by atoms with Crippen molar-refractivity contribution in [1.82, 2.24) is 14.8 Å². The second kappa shape index (κ2) is 6.42. The molecule has 24 heavy (non-hydrogen) atoms. The molecule has 6 heteroatoms. The van der Waals surface area contributed by atoms with Gasteiger partial charge in [-0.05, 0) is 37.1 Å². The lowest BCUT2D eigenvalue weighted by Crippen LogP contribution is -2.15. The van der Waals surface area contributed by atoms with Crippen molar-refractivity contribution in [3.8, 4) is 11.4 Å². The third-order valence-corrected chi connectivity index (χ3v) is 4.73. The highest BCUT2D eigenvalue weighted by molar-refractivity contribution is 6.30. The zero-order chi connectivity index (χ0) is 16.5. The molecular weight excluding hydrogens is 326 g/mol. The molecule has 1 aliphatic rings. The van der Waals surface area contributed by atoms with E-state index in [9.17, 15) is 0 Å². The van der Waals surface area contributed by atoms with E-state index in [-0.39, 0.29) is 0 Å². The summed E-state index contributed by atoms with van der Waals surface area (Å²) in [6.45, 7) is 1.54. The average molecular weight is 344 g/mol. The smallest absolute Gasteiger partial charge is 0.148 e. The number of rotatable bonds is 3. The summed E-state index contributed by atoms with van der Waals surface area (Å²) in [6, 6.07) is 7.66. The summed E-state index contributed by atoms with van der Waals surface area (Å²) in [5.74, 6) is 1.13. The largest absolute Gasteiger partial charge is 0.494 e. The number of hydrogen-bond donors (Lipinski definition) is 0. The minimum atomic E-state index is 0.367. The van der Waals surface area contributed by atoms with Crippen LogP contribution in [0.4, 0.5) is 0 Å². The topological polar surface area (TPSA) is 49.2 Å². The van der Waals surface area contributed by atoms with Gasteiger partial charge in [-0.3, -0.25) is 4.98 Å². The second-order valence-electron chi connectivity index (χ2n) is 5.90. The van der Waals surface area contributed by atoms with Crippen LogP contribution in [0.25, 0.3) is 16.6 Å². The van der Waals surface area contributed by atoms with Crippen molar-refractivity contribution >= 4 is 22.5 Å². The molecule has 0 saturated carbocycles. The van der Waals surface area contributed by atoms with E-state index >= 15 is 0 Å². The van der Waals surface area contributed by atoms with Gasteiger partial charge in [-0.2, -0.15) is 5.10 Å². The number of ether oxygens (including phenoxy) is 2. The SMILES string of the molecule is COc1cncc2c1c(C1CCOCC1)nn2-c1ccc(Cl)cc1. The van der Waals surface area contributed by atoms with Crippen LogP contribution < -0.4 is 4.74 Å². The van der Waals surface area contributed by atoms with Gasteiger partial charge < -0.3 is 9.47 Å². The van der Waals surface area contributed by atoms with Gasteiger partial charge in [0.1, 0.15) is 5.75 Å². The first-order valence-electron chi connectivity index (χ1n) is 8.02. The lowest BCUT2D eigenvalue weighted by molar-refractivity contribution is 0.0846. The quantitative estimate of drug-likeness (QED) is 0.721. The Hall–Kier alpha value is -2.11.